The summed E-state index contributed by atoms with van der Waals surface area (Å²) >= 11 is 8.84. The molecule has 0 aliphatic heterocycles. The maximum absolute atomic E-state index is 13.6. The number of benzene rings is 1. The molecule has 1 aromatic heterocycles. The Hall–Kier alpha value is -1.46. The lowest BCUT2D eigenvalue weighted by Crippen LogP contribution is -2.12. The van der Waals surface area contributed by atoms with Crippen LogP contribution in [-0.2, 0) is 11.2 Å². The summed E-state index contributed by atoms with van der Waals surface area (Å²) in [5, 5.41) is 3.04. The van der Waals surface area contributed by atoms with Gasteiger partial charge in [-0.25, -0.2) is 9.37 Å². The average molecular weight is 358 g/mol. The zero-order valence-corrected chi connectivity index (χ0v) is 12.7. The van der Waals surface area contributed by atoms with E-state index in [0.29, 0.717) is 27.3 Å². The van der Waals surface area contributed by atoms with Crippen molar-refractivity contribution in [1.82, 2.24) is 4.98 Å². The average Bonchev–Trinajstić information content (AvgIpc) is 2.40. The van der Waals surface area contributed by atoms with Crippen LogP contribution in [0.25, 0.3) is 0 Å². The van der Waals surface area contributed by atoms with Crippen LogP contribution in [0.1, 0.15) is 12.0 Å². The van der Waals surface area contributed by atoms with Crippen molar-refractivity contribution in [3.63, 3.8) is 0 Å². The second-order valence-electron chi connectivity index (χ2n) is 4.15. The number of nitrogens with zero attached hydrogens (tertiary/aromatic N) is 1. The number of anilines is 1. The van der Waals surface area contributed by atoms with E-state index in [1.54, 1.807) is 24.3 Å². The van der Waals surface area contributed by atoms with Gasteiger partial charge in [-0.1, -0.05) is 33.6 Å². The molecule has 3 nitrogen and oxygen atoms in total. The van der Waals surface area contributed by atoms with Gasteiger partial charge in [-0.05, 0) is 36.2 Å². The van der Waals surface area contributed by atoms with Crippen molar-refractivity contribution < 1.29 is 9.18 Å². The van der Waals surface area contributed by atoms with Gasteiger partial charge in [0, 0.05) is 10.9 Å². The first-order valence-corrected chi connectivity index (χ1v) is 7.07. The molecule has 0 bridgehead atoms. The Kier molecular flexibility index (Phi) is 5.09. The molecule has 0 radical (unpaired) electrons. The Morgan fingerprint density at radius 2 is 2.15 bits per heavy atom. The maximum Gasteiger partial charge on any atom is 0.224 e. The number of hydrogen-bond donors (Lipinski definition) is 1. The minimum atomic E-state index is -0.319. The molecule has 1 heterocycles. The highest BCUT2D eigenvalue weighted by Crippen LogP contribution is 2.17. The zero-order chi connectivity index (χ0) is 14.5. The van der Waals surface area contributed by atoms with Gasteiger partial charge in [0.05, 0.1) is 11.9 Å². The quantitative estimate of drug-likeness (QED) is 0.833. The number of hydrogen-bond acceptors (Lipinski definition) is 2. The molecule has 1 N–H and O–H groups in total. The van der Waals surface area contributed by atoms with E-state index in [2.05, 4.69) is 26.2 Å². The summed E-state index contributed by atoms with van der Waals surface area (Å²) in [5.41, 5.74) is 1.08. The molecule has 0 aliphatic rings. The standard InChI is InChI=1S/C14H11BrClFN2O/c15-10-3-1-9(12(17)7-10)2-6-14(20)19-11-4-5-13(16)18-8-11/h1,3-5,7-8H,2,6H2,(H,19,20). The molecule has 1 aromatic carbocycles. The topological polar surface area (TPSA) is 42.0 Å². The van der Waals surface area contributed by atoms with Gasteiger partial charge >= 0.3 is 0 Å². The lowest BCUT2D eigenvalue weighted by Gasteiger charge is -2.06. The predicted molar refractivity (Wildman–Crippen MR) is 80.3 cm³/mol. The van der Waals surface area contributed by atoms with Gasteiger partial charge in [0.2, 0.25) is 5.91 Å². The molecule has 6 heteroatoms. The lowest BCUT2D eigenvalue weighted by atomic mass is 10.1. The maximum atomic E-state index is 13.6. The Labute approximate surface area is 129 Å². The largest absolute Gasteiger partial charge is 0.325 e. The molecule has 0 aliphatic carbocycles. The molecular formula is C14H11BrClFN2O. The van der Waals surface area contributed by atoms with E-state index in [1.807, 2.05) is 0 Å². The fourth-order valence-electron chi connectivity index (χ4n) is 1.65. The molecule has 0 fully saturated rings. The molecular weight excluding hydrogens is 347 g/mol. The summed E-state index contributed by atoms with van der Waals surface area (Å²) in [6, 6.07) is 8.05. The number of rotatable bonds is 4. The first-order valence-electron chi connectivity index (χ1n) is 5.90. The third-order valence-electron chi connectivity index (χ3n) is 2.65. The SMILES string of the molecule is O=C(CCc1ccc(Br)cc1F)Nc1ccc(Cl)nc1. The van der Waals surface area contributed by atoms with E-state index >= 15 is 0 Å². The smallest absolute Gasteiger partial charge is 0.224 e. The third-order valence-corrected chi connectivity index (χ3v) is 3.36. The van der Waals surface area contributed by atoms with Gasteiger partial charge in [0.1, 0.15) is 11.0 Å². The van der Waals surface area contributed by atoms with Gasteiger partial charge < -0.3 is 5.32 Å². The fraction of sp³-hybridized carbons (Fsp3) is 0.143. The third kappa shape index (κ3) is 4.28. The summed E-state index contributed by atoms with van der Waals surface area (Å²) in [6.45, 7) is 0. The van der Waals surface area contributed by atoms with E-state index in [0.717, 1.165) is 0 Å². The number of aromatic nitrogens is 1. The Morgan fingerprint density at radius 3 is 2.80 bits per heavy atom. The van der Waals surface area contributed by atoms with E-state index in [-0.39, 0.29) is 18.1 Å². The van der Waals surface area contributed by atoms with Crippen molar-refractivity contribution in [2.24, 2.45) is 0 Å². The monoisotopic (exact) mass is 356 g/mol. The number of aryl methyl sites for hydroxylation is 1. The minimum Gasteiger partial charge on any atom is -0.325 e. The second kappa shape index (κ2) is 6.81. The molecule has 1 amide bonds. The van der Waals surface area contributed by atoms with Crippen LogP contribution in [0.3, 0.4) is 0 Å². The summed E-state index contributed by atoms with van der Waals surface area (Å²) in [4.78, 5) is 15.6. The highest BCUT2D eigenvalue weighted by atomic mass is 79.9. The van der Waals surface area contributed by atoms with Crippen LogP contribution in [0.2, 0.25) is 5.15 Å². The van der Waals surface area contributed by atoms with Crippen molar-refractivity contribution in [2.75, 3.05) is 5.32 Å². The molecule has 0 saturated heterocycles. The molecule has 104 valence electrons. The van der Waals surface area contributed by atoms with E-state index < -0.39 is 0 Å². The molecule has 0 saturated carbocycles. The molecule has 2 rings (SSSR count). The Bertz CT molecular complexity index is 619. The first-order chi connectivity index (χ1) is 9.54. The van der Waals surface area contributed by atoms with Gasteiger partial charge in [-0.15, -0.1) is 0 Å². The number of nitrogens with one attached hydrogen (secondary N) is 1. The van der Waals surface area contributed by atoms with E-state index in [9.17, 15) is 9.18 Å². The van der Waals surface area contributed by atoms with Crippen LogP contribution in [0.5, 0.6) is 0 Å². The normalized spacial score (nSPS) is 10.3. The van der Waals surface area contributed by atoms with Gasteiger partial charge in [-0.3, -0.25) is 4.79 Å². The number of pyridine rings is 1. The van der Waals surface area contributed by atoms with Crippen LogP contribution in [0.15, 0.2) is 41.0 Å². The van der Waals surface area contributed by atoms with Crippen molar-refractivity contribution in [1.29, 1.82) is 0 Å². The number of amides is 1. The van der Waals surface area contributed by atoms with Crippen molar-refractivity contribution in [3.05, 3.63) is 57.5 Å². The highest BCUT2D eigenvalue weighted by molar-refractivity contribution is 9.10. The fourth-order valence-corrected chi connectivity index (χ4v) is 2.09. The first kappa shape index (κ1) is 14.9. The Morgan fingerprint density at radius 1 is 1.35 bits per heavy atom. The minimum absolute atomic E-state index is 0.196. The van der Waals surface area contributed by atoms with E-state index in [1.165, 1.54) is 12.3 Å². The second-order valence-corrected chi connectivity index (χ2v) is 5.46. The van der Waals surface area contributed by atoms with Crippen LogP contribution in [0.4, 0.5) is 10.1 Å². The number of carbonyl (C=O) groups excluding carboxylic acids is 1. The summed E-state index contributed by atoms with van der Waals surface area (Å²) in [6.07, 6.45) is 2.01. The molecule has 0 spiro atoms. The number of carbonyl (C=O) groups is 1. The lowest BCUT2D eigenvalue weighted by molar-refractivity contribution is -0.116. The van der Waals surface area contributed by atoms with Crippen LogP contribution in [-0.4, -0.2) is 10.9 Å². The van der Waals surface area contributed by atoms with Crippen LogP contribution < -0.4 is 5.32 Å². The van der Waals surface area contributed by atoms with Crippen molar-refractivity contribution in [3.8, 4) is 0 Å². The molecule has 20 heavy (non-hydrogen) atoms. The van der Waals surface area contributed by atoms with Crippen molar-refractivity contribution >= 4 is 39.1 Å². The van der Waals surface area contributed by atoms with E-state index in [4.69, 9.17) is 11.6 Å². The van der Waals surface area contributed by atoms with Crippen LogP contribution in [0, 0.1) is 5.82 Å². The predicted octanol–water partition coefficient (Wildman–Crippen LogP) is 4.21. The summed E-state index contributed by atoms with van der Waals surface area (Å²) in [7, 11) is 0. The van der Waals surface area contributed by atoms with Gasteiger partial charge in [0.15, 0.2) is 0 Å². The highest BCUT2D eigenvalue weighted by Gasteiger charge is 2.07. The van der Waals surface area contributed by atoms with Gasteiger partial charge in [0.25, 0.3) is 0 Å². The summed E-state index contributed by atoms with van der Waals surface area (Å²) < 4.78 is 14.3. The van der Waals surface area contributed by atoms with Crippen LogP contribution >= 0.6 is 27.5 Å². The van der Waals surface area contributed by atoms with Crippen molar-refractivity contribution in [2.45, 2.75) is 12.8 Å². The molecule has 2 aromatic rings. The zero-order valence-electron chi connectivity index (χ0n) is 10.4. The summed E-state index contributed by atoms with van der Waals surface area (Å²) in [5.74, 6) is -0.517. The molecule has 0 unspecified atom stereocenters. The Balaban J connectivity index is 1.90. The molecule has 0 atom stereocenters. The number of halogens is 3. The van der Waals surface area contributed by atoms with Gasteiger partial charge in [-0.2, -0.15) is 0 Å².